The highest BCUT2D eigenvalue weighted by Gasteiger charge is 2.17. The smallest absolute Gasteiger partial charge is 0.166 e. The maximum atomic E-state index is 15.0. The van der Waals surface area contributed by atoms with Gasteiger partial charge in [-0.25, -0.2) is 9.37 Å². The van der Waals surface area contributed by atoms with E-state index in [9.17, 15) is 9.59 Å². The fraction of sp³-hybridized carbons (Fsp3) is 0.226. The van der Waals surface area contributed by atoms with Crippen molar-refractivity contribution in [2.75, 3.05) is 7.11 Å². The molecule has 0 aliphatic heterocycles. The number of carbonyl (C=O) groups is 2. The summed E-state index contributed by atoms with van der Waals surface area (Å²) in [4.78, 5) is 34.9. The molecule has 7 nitrogen and oxygen atoms in total. The number of imidazole rings is 1. The predicted molar refractivity (Wildman–Crippen MR) is 153 cm³/mol. The van der Waals surface area contributed by atoms with E-state index >= 15 is 4.39 Å². The first-order chi connectivity index (χ1) is 19.4. The minimum absolute atomic E-state index is 0.0399. The van der Waals surface area contributed by atoms with Crippen LogP contribution in [0.25, 0.3) is 20.8 Å². The van der Waals surface area contributed by atoms with Crippen molar-refractivity contribution in [1.82, 2.24) is 14.5 Å². The molecule has 0 fully saturated rings. The lowest BCUT2D eigenvalue weighted by atomic mass is 10.0. The first kappa shape index (κ1) is 27.2. The quantitative estimate of drug-likeness (QED) is 0.157. The van der Waals surface area contributed by atoms with E-state index in [0.29, 0.717) is 17.1 Å². The van der Waals surface area contributed by atoms with Crippen LogP contribution >= 0.6 is 11.3 Å². The lowest BCUT2D eigenvalue weighted by Gasteiger charge is -2.09. The Morgan fingerprint density at radius 2 is 1.80 bits per heavy atom. The Morgan fingerprint density at radius 3 is 2.60 bits per heavy atom. The van der Waals surface area contributed by atoms with Crippen LogP contribution in [0.5, 0.6) is 17.2 Å². The zero-order chi connectivity index (χ0) is 28.1. The Bertz CT molecular complexity index is 1680. The van der Waals surface area contributed by atoms with E-state index in [-0.39, 0.29) is 36.6 Å². The third-order valence-electron chi connectivity index (χ3n) is 6.34. The number of para-hydroxylation sites is 1. The third kappa shape index (κ3) is 6.26. The highest BCUT2D eigenvalue weighted by atomic mass is 32.1. The van der Waals surface area contributed by atoms with Gasteiger partial charge in [0.1, 0.15) is 23.1 Å². The van der Waals surface area contributed by atoms with Crippen molar-refractivity contribution < 1.29 is 23.5 Å². The van der Waals surface area contributed by atoms with E-state index in [4.69, 9.17) is 9.47 Å². The standard InChI is InChI=1S/C31H28FN3O4S/c1-3-12-35-18-26(34-19-35)30-17-25-31(40-30)29(10-11-33-25)39-28-9-8-20(14-24(28)32)13-22(36)16-23(37)15-21-6-4-5-7-27(21)38-2/h4-11,14,17-19H,3,12-13,15-16H2,1-2H3. The van der Waals surface area contributed by atoms with Crippen LogP contribution in [0.2, 0.25) is 0 Å². The maximum Gasteiger partial charge on any atom is 0.166 e. The monoisotopic (exact) mass is 557 g/mol. The molecule has 40 heavy (non-hydrogen) atoms. The van der Waals surface area contributed by atoms with Gasteiger partial charge < -0.3 is 14.0 Å². The number of hydrogen-bond acceptors (Lipinski definition) is 7. The van der Waals surface area contributed by atoms with Crippen molar-refractivity contribution in [3.05, 3.63) is 90.3 Å². The van der Waals surface area contributed by atoms with Gasteiger partial charge in [-0.05, 0) is 36.2 Å². The molecule has 0 bridgehead atoms. The molecule has 5 aromatic rings. The van der Waals surface area contributed by atoms with Crippen LogP contribution in [0.1, 0.15) is 30.9 Å². The predicted octanol–water partition coefficient (Wildman–Crippen LogP) is 6.82. The second kappa shape index (κ2) is 12.2. The molecule has 0 aliphatic rings. The van der Waals surface area contributed by atoms with E-state index in [1.54, 1.807) is 30.5 Å². The number of Topliss-reactive ketones (excluding diaryl/α,β-unsaturated/α-hetero) is 2. The minimum Gasteiger partial charge on any atom is -0.496 e. The molecule has 204 valence electrons. The first-order valence-corrected chi connectivity index (χ1v) is 13.8. The molecule has 0 radical (unpaired) electrons. The number of hydrogen-bond donors (Lipinski definition) is 0. The van der Waals surface area contributed by atoms with Gasteiger partial charge in [-0.1, -0.05) is 31.2 Å². The Kier molecular flexibility index (Phi) is 8.31. The second-order valence-corrected chi connectivity index (χ2v) is 10.5. The summed E-state index contributed by atoms with van der Waals surface area (Å²) < 4.78 is 29.1. The van der Waals surface area contributed by atoms with Gasteiger partial charge in [-0.15, -0.1) is 11.3 Å². The first-order valence-electron chi connectivity index (χ1n) is 13.0. The average molecular weight is 558 g/mol. The molecule has 0 saturated carbocycles. The summed E-state index contributed by atoms with van der Waals surface area (Å²) in [6.07, 6.45) is 6.27. The number of carbonyl (C=O) groups excluding carboxylic acids is 2. The summed E-state index contributed by atoms with van der Waals surface area (Å²) in [6.45, 7) is 3.01. The molecule has 2 aromatic carbocycles. The summed E-state index contributed by atoms with van der Waals surface area (Å²) in [5.41, 5.74) is 2.79. The van der Waals surface area contributed by atoms with Gasteiger partial charge >= 0.3 is 0 Å². The number of thiophene rings is 1. The summed E-state index contributed by atoms with van der Waals surface area (Å²) in [6, 6.07) is 15.3. The van der Waals surface area contributed by atoms with Crippen molar-refractivity contribution >= 4 is 33.1 Å². The number of benzene rings is 2. The molecular formula is C31H28FN3O4S. The van der Waals surface area contributed by atoms with Crippen molar-refractivity contribution in [1.29, 1.82) is 0 Å². The van der Waals surface area contributed by atoms with Gasteiger partial charge in [0.25, 0.3) is 0 Å². The van der Waals surface area contributed by atoms with Crippen LogP contribution in [-0.4, -0.2) is 33.2 Å². The number of aryl methyl sites for hydroxylation is 1. The molecule has 9 heteroatoms. The number of fused-ring (bicyclic) bond motifs is 1. The molecule has 5 rings (SSSR count). The van der Waals surface area contributed by atoms with Crippen molar-refractivity contribution in [2.24, 2.45) is 0 Å². The number of nitrogens with zero attached hydrogens (tertiary/aromatic N) is 3. The third-order valence-corrected chi connectivity index (χ3v) is 7.50. The van der Waals surface area contributed by atoms with Gasteiger partial charge in [-0.2, -0.15) is 0 Å². The van der Waals surface area contributed by atoms with Crippen LogP contribution in [0.15, 0.2) is 73.3 Å². The molecule has 0 N–H and O–H groups in total. The minimum atomic E-state index is -0.592. The maximum absolute atomic E-state index is 15.0. The largest absolute Gasteiger partial charge is 0.496 e. The molecule has 0 spiro atoms. The van der Waals surface area contributed by atoms with Crippen LogP contribution in [0.4, 0.5) is 4.39 Å². The normalized spacial score (nSPS) is 11.1. The van der Waals surface area contributed by atoms with E-state index in [2.05, 4.69) is 16.9 Å². The molecule has 0 unspecified atom stereocenters. The van der Waals surface area contributed by atoms with Gasteiger partial charge in [0, 0.05) is 43.4 Å². The Hall–Kier alpha value is -4.37. The van der Waals surface area contributed by atoms with E-state index in [0.717, 1.165) is 39.3 Å². The number of pyridine rings is 1. The molecule has 3 aromatic heterocycles. The van der Waals surface area contributed by atoms with Gasteiger partial charge in [0.2, 0.25) is 0 Å². The number of halogens is 1. The number of methoxy groups -OCH3 is 1. The molecule has 0 saturated heterocycles. The molecule has 0 atom stereocenters. The Morgan fingerprint density at radius 1 is 0.975 bits per heavy atom. The van der Waals surface area contributed by atoms with Gasteiger partial charge in [0.05, 0.1) is 40.6 Å². The van der Waals surface area contributed by atoms with Crippen molar-refractivity contribution in [3.8, 4) is 27.8 Å². The van der Waals surface area contributed by atoms with Crippen molar-refractivity contribution in [2.45, 2.75) is 39.2 Å². The zero-order valence-electron chi connectivity index (χ0n) is 22.2. The zero-order valence-corrected chi connectivity index (χ0v) is 23.0. The fourth-order valence-corrected chi connectivity index (χ4v) is 5.51. The number of ether oxygens (including phenoxy) is 2. The lowest BCUT2D eigenvalue weighted by molar-refractivity contribution is -0.126. The Balaban J connectivity index is 1.25. The van der Waals surface area contributed by atoms with Gasteiger partial charge in [-0.3, -0.25) is 14.6 Å². The summed E-state index contributed by atoms with van der Waals surface area (Å²) >= 11 is 1.48. The number of aromatic nitrogens is 3. The van der Waals surface area contributed by atoms with Gasteiger partial charge in [0.15, 0.2) is 11.6 Å². The van der Waals surface area contributed by atoms with E-state index in [1.807, 2.05) is 35.3 Å². The highest BCUT2D eigenvalue weighted by Crippen LogP contribution is 2.39. The molecule has 0 amide bonds. The highest BCUT2D eigenvalue weighted by molar-refractivity contribution is 7.22. The van der Waals surface area contributed by atoms with Crippen molar-refractivity contribution in [3.63, 3.8) is 0 Å². The van der Waals surface area contributed by atoms with E-state index < -0.39 is 5.82 Å². The number of ketones is 2. The molecular weight excluding hydrogens is 529 g/mol. The van der Waals surface area contributed by atoms with Crippen LogP contribution in [-0.2, 0) is 29.0 Å². The number of rotatable bonds is 12. The summed E-state index contributed by atoms with van der Waals surface area (Å²) in [7, 11) is 1.54. The summed E-state index contributed by atoms with van der Waals surface area (Å²) in [5.74, 6) is 0.0389. The lowest BCUT2D eigenvalue weighted by Crippen LogP contribution is -2.13. The molecule has 0 aliphatic carbocycles. The fourth-order valence-electron chi connectivity index (χ4n) is 4.48. The second-order valence-electron chi connectivity index (χ2n) is 9.42. The summed E-state index contributed by atoms with van der Waals surface area (Å²) in [5, 5.41) is 0. The average Bonchev–Trinajstić information content (AvgIpc) is 3.58. The topological polar surface area (TPSA) is 83.3 Å². The van der Waals surface area contributed by atoms with Crippen LogP contribution in [0.3, 0.4) is 0 Å². The Labute approximate surface area is 235 Å². The molecule has 3 heterocycles. The van der Waals surface area contributed by atoms with Crippen LogP contribution < -0.4 is 9.47 Å². The van der Waals surface area contributed by atoms with E-state index in [1.165, 1.54) is 30.6 Å². The van der Waals surface area contributed by atoms with Crippen LogP contribution in [0, 0.1) is 5.82 Å². The SMILES string of the molecule is CCCn1cnc(-c2cc3nccc(Oc4ccc(CC(=O)CC(=O)Cc5ccccc5OC)cc4F)c3s2)c1.